The molecule has 130 valence electrons. The third-order valence-corrected chi connectivity index (χ3v) is 5.37. The molecule has 0 bridgehead atoms. The highest BCUT2D eigenvalue weighted by Crippen LogP contribution is 2.33. The zero-order chi connectivity index (χ0) is 17.8. The number of esters is 1. The van der Waals surface area contributed by atoms with Crippen molar-refractivity contribution in [2.45, 2.75) is 37.5 Å². The van der Waals surface area contributed by atoms with Gasteiger partial charge in [-0.15, -0.1) is 4.72 Å². The van der Waals surface area contributed by atoms with Crippen LogP contribution in [-0.4, -0.2) is 29.1 Å². The molecule has 1 rings (SSSR count). The van der Waals surface area contributed by atoms with E-state index in [2.05, 4.69) is 25.4 Å². The molecule has 1 N–H and O–H groups in total. The maximum absolute atomic E-state index is 14.3. The minimum atomic E-state index is -1.78. The first kappa shape index (κ1) is 20.3. The molecule has 8 heteroatoms. The molecular formula is C15H20BrF2NO3S. The van der Waals surface area contributed by atoms with Crippen molar-refractivity contribution < 1.29 is 22.9 Å². The molecule has 0 radical (unpaired) electrons. The van der Waals surface area contributed by atoms with Crippen LogP contribution in [0.3, 0.4) is 0 Å². The van der Waals surface area contributed by atoms with E-state index >= 15 is 0 Å². The molecule has 0 heterocycles. The monoisotopic (exact) mass is 411 g/mol. The fraction of sp³-hybridized carbons (Fsp3) is 0.533. The van der Waals surface area contributed by atoms with E-state index in [9.17, 15) is 18.1 Å². The highest BCUT2D eigenvalue weighted by molar-refractivity contribution is 9.10. The molecule has 0 saturated heterocycles. The molecule has 0 aromatic heterocycles. The van der Waals surface area contributed by atoms with E-state index in [-0.39, 0.29) is 5.56 Å². The lowest BCUT2D eigenvalue weighted by Gasteiger charge is -2.35. The van der Waals surface area contributed by atoms with Gasteiger partial charge >= 0.3 is 5.97 Å². The second-order valence-electron chi connectivity index (χ2n) is 6.08. The molecule has 0 aliphatic carbocycles. The lowest BCUT2D eigenvalue weighted by molar-refractivity contribution is -0.142. The molecule has 1 aromatic rings. The van der Waals surface area contributed by atoms with Gasteiger partial charge in [-0.25, -0.2) is 8.78 Å². The molecule has 2 atom stereocenters. The summed E-state index contributed by atoms with van der Waals surface area (Å²) in [6.45, 7) is 3.94. The Morgan fingerprint density at radius 1 is 1.43 bits per heavy atom. The van der Waals surface area contributed by atoms with Crippen LogP contribution in [-0.2, 0) is 26.4 Å². The second-order valence-corrected chi connectivity index (χ2v) is 8.96. The molecule has 1 aromatic carbocycles. The average molecular weight is 412 g/mol. The summed E-state index contributed by atoms with van der Waals surface area (Å²) >= 11 is 1.48. The van der Waals surface area contributed by atoms with E-state index in [1.165, 1.54) is 12.1 Å². The first-order valence-electron chi connectivity index (χ1n) is 6.84. The van der Waals surface area contributed by atoms with E-state index in [4.69, 9.17) is 0 Å². The third-order valence-electron chi connectivity index (χ3n) is 3.19. The number of alkyl halides is 1. The Labute approximate surface area is 146 Å². The zero-order valence-electron chi connectivity index (χ0n) is 13.4. The van der Waals surface area contributed by atoms with E-state index < -0.39 is 46.5 Å². The second kappa shape index (κ2) is 7.92. The van der Waals surface area contributed by atoms with Crippen molar-refractivity contribution in [3.63, 3.8) is 0 Å². The van der Waals surface area contributed by atoms with Crippen LogP contribution in [0.2, 0.25) is 0 Å². The molecule has 0 fully saturated rings. The molecule has 0 aliphatic heterocycles. The molecule has 0 aliphatic rings. The van der Waals surface area contributed by atoms with Gasteiger partial charge in [0.25, 0.3) is 0 Å². The van der Waals surface area contributed by atoms with Crippen molar-refractivity contribution in [1.82, 2.24) is 4.72 Å². The predicted molar refractivity (Wildman–Crippen MR) is 89.4 cm³/mol. The van der Waals surface area contributed by atoms with Crippen molar-refractivity contribution in [1.29, 1.82) is 0 Å². The number of nitrogens with one attached hydrogen (secondary N) is 1. The standard InChI is InChI=1S/C15H20BrF2NO3S/c1-14(2,3)23(21)19-15(9-17,8-13(20)22-4)11-7-10(16)5-6-12(11)18/h5-7,19H,8-9H2,1-4H3/t15-,23?/m1/s1. The van der Waals surface area contributed by atoms with Gasteiger partial charge in [-0.05, 0) is 39.0 Å². The lowest BCUT2D eigenvalue weighted by atomic mass is 9.88. The number of ether oxygens (including phenoxy) is 1. The molecule has 0 saturated carbocycles. The summed E-state index contributed by atoms with van der Waals surface area (Å²) in [6, 6.07) is 3.98. The van der Waals surface area contributed by atoms with Gasteiger partial charge in [0, 0.05) is 21.4 Å². The fourth-order valence-corrected chi connectivity index (χ4v) is 3.10. The number of carbonyl (C=O) groups is 1. The summed E-state index contributed by atoms with van der Waals surface area (Å²) in [5, 5.41) is 0. The van der Waals surface area contributed by atoms with Gasteiger partial charge in [0.15, 0.2) is 0 Å². The van der Waals surface area contributed by atoms with E-state index in [0.29, 0.717) is 4.47 Å². The van der Waals surface area contributed by atoms with Crippen LogP contribution >= 0.6 is 15.9 Å². The van der Waals surface area contributed by atoms with Gasteiger partial charge in [-0.3, -0.25) is 4.79 Å². The normalized spacial score (nSPS) is 15.8. The number of carbonyl (C=O) groups excluding carboxylic acids is 1. The first-order chi connectivity index (χ1) is 10.6. The summed E-state index contributed by atoms with van der Waals surface area (Å²) in [6.07, 6.45) is -0.491. The predicted octanol–water partition coefficient (Wildman–Crippen LogP) is 3.37. The van der Waals surface area contributed by atoms with Gasteiger partial charge in [-0.1, -0.05) is 15.9 Å². The third kappa shape index (κ3) is 5.14. The van der Waals surface area contributed by atoms with Crippen molar-refractivity contribution >= 4 is 33.3 Å². The SMILES string of the molecule is COC(=O)C[C@](CF)(N[S+]([O-])C(C)(C)C)c1cc(Br)ccc1F. The number of hydrogen-bond donors (Lipinski definition) is 1. The molecular weight excluding hydrogens is 392 g/mol. The van der Waals surface area contributed by atoms with Crippen LogP contribution in [0.25, 0.3) is 0 Å². The Bertz CT molecular complexity index is 568. The summed E-state index contributed by atoms with van der Waals surface area (Å²) in [5.41, 5.74) is -1.86. The number of hydrogen-bond acceptors (Lipinski definition) is 4. The van der Waals surface area contributed by atoms with Crippen molar-refractivity contribution in [3.05, 3.63) is 34.1 Å². The Kier molecular flexibility index (Phi) is 7.00. The van der Waals surface area contributed by atoms with Gasteiger partial charge < -0.3 is 9.29 Å². The maximum atomic E-state index is 14.3. The van der Waals surface area contributed by atoms with Crippen LogP contribution in [0.5, 0.6) is 0 Å². The van der Waals surface area contributed by atoms with Crippen molar-refractivity contribution in [2.24, 2.45) is 0 Å². The van der Waals surface area contributed by atoms with Crippen molar-refractivity contribution in [2.75, 3.05) is 13.8 Å². The summed E-state index contributed by atoms with van der Waals surface area (Å²) < 4.78 is 47.7. The van der Waals surface area contributed by atoms with Crippen molar-refractivity contribution in [3.8, 4) is 0 Å². The smallest absolute Gasteiger partial charge is 0.308 e. The Morgan fingerprint density at radius 2 is 2.04 bits per heavy atom. The molecule has 1 unspecified atom stereocenters. The Balaban J connectivity index is 3.39. The number of rotatable bonds is 6. The van der Waals surface area contributed by atoms with Crippen LogP contribution in [0.15, 0.2) is 22.7 Å². The first-order valence-corrected chi connectivity index (χ1v) is 8.78. The van der Waals surface area contributed by atoms with Crippen LogP contribution in [0.4, 0.5) is 8.78 Å². The average Bonchev–Trinajstić information content (AvgIpc) is 2.47. The molecule has 0 amide bonds. The summed E-state index contributed by atoms with van der Waals surface area (Å²) in [4.78, 5) is 11.7. The van der Waals surface area contributed by atoms with E-state index in [1.54, 1.807) is 20.8 Å². The maximum Gasteiger partial charge on any atom is 0.308 e. The molecule has 23 heavy (non-hydrogen) atoms. The largest absolute Gasteiger partial charge is 0.598 e. The lowest BCUT2D eigenvalue weighted by Crippen LogP contribution is -2.54. The minimum absolute atomic E-state index is 0.0858. The highest BCUT2D eigenvalue weighted by atomic mass is 79.9. The van der Waals surface area contributed by atoms with Crippen LogP contribution in [0.1, 0.15) is 32.8 Å². The van der Waals surface area contributed by atoms with Crippen LogP contribution in [0, 0.1) is 5.82 Å². The highest BCUT2D eigenvalue weighted by Gasteiger charge is 2.44. The van der Waals surface area contributed by atoms with Gasteiger partial charge in [-0.2, -0.15) is 0 Å². The Hall–Kier alpha value is -0.700. The number of methoxy groups -OCH3 is 1. The van der Waals surface area contributed by atoms with Gasteiger partial charge in [0.1, 0.15) is 22.8 Å². The minimum Gasteiger partial charge on any atom is -0.598 e. The molecule has 4 nitrogen and oxygen atoms in total. The van der Waals surface area contributed by atoms with Gasteiger partial charge in [0.05, 0.1) is 13.5 Å². The fourth-order valence-electron chi connectivity index (χ4n) is 1.85. The molecule has 0 spiro atoms. The number of halogens is 3. The Morgan fingerprint density at radius 3 is 2.52 bits per heavy atom. The summed E-state index contributed by atoms with van der Waals surface area (Å²) in [5.74, 6) is -1.44. The zero-order valence-corrected chi connectivity index (χ0v) is 15.8. The topological polar surface area (TPSA) is 61.4 Å². The van der Waals surface area contributed by atoms with E-state index in [1.807, 2.05) is 0 Å². The van der Waals surface area contributed by atoms with Gasteiger partial charge in [0.2, 0.25) is 0 Å². The van der Waals surface area contributed by atoms with E-state index in [0.717, 1.165) is 13.2 Å². The van der Waals surface area contributed by atoms with Crippen LogP contribution < -0.4 is 4.72 Å². The quantitative estimate of drug-likeness (QED) is 0.575. The number of benzene rings is 1. The summed E-state index contributed by atoms with van der Waals surface area (Å²) in [7, 11) is 1.16.